The molecular formula is C21H22N4O2. The molecule has 2 aromatic carbocycles. The molecule has 138 valence electrons. The molecule has 0 bridgehead atoms. The monoisotopic (exact) mass is 362 g/mol. The number of hydrogen-bond acceptors (Lipinski definition) is 5. The molecule has 1 amide bonds. The first-order chi connectivity index (χ1) is 13.1. The number of amides is 1. The smallest absolute Gasteiger partial charge is 0.274 e. The molecule has 0 aliphatic heterocycles. The molecule has 0 saturated carbocycles. The third-order valence-electron chi connectivity index (χ3n) is 4.05. The Hall–Kier alpha value is -3.41. The summed E-state index contributed by atoms with van der Waals surface area (Å²) >= 11 is 0. The van der Waals surface area contributed by atoms with Gasteiger partial charge in [0, 0.05) is 23.6 Å². The molecule has 1 heterocycles. The molecule has 0 spiro atoms. The van der Waals surface area contributed by atoms with E-state index in [0.717, 1.165) is 17.1 Å². The average molecular weight is 362 g/mol. The van der Waals surface area contributed by atoms with Crippen molar-refractivity contribution in [3.05, 3.63) is 72.1 Å². The van der Waals surface area contributed by atoms with Crippen molar-refractivity contribution in [1.29, 1.82) is 0 Å². The Kier molecular flexibility index (Phi) is 5.66. The summed E-state index contributed by atoms with van der Waals surface area (Å²) < 4.78 is 5.13. The normalized spacial score (nSPS) is 10.3. The minimum absolute atomic E-state index is 0.281. The maximum absolute atomic E-state index is 12.7. The van der Waals surface area contributed by atoms with Gasteiger partial charge in [0.1, 0.15) is 11.4 Å². The van der Waals surface area contributed by atoms with Crippen molar-refractivity contribution in [2.24, 2.45) is 0 Å². The fourth-order valence-electron chi connectivity index (χ4n) is 2.71. The summed E-state index contributed by atoms with van der Waals surface area (Å²) in [6.07, 6.45) is 0. The van der Waals surface area contributed by atoms with Gasteiger partial charge in [-0.2, -0.15) is 0 Å². The van der Waals surface area contributed by atoms with Gasteiger partial charge in [-0.1, -0.05) is 18.2 Å². The van der Waals surface area contributed by atoms with Crippen molar-refractivity contribution in [2.75, 3.05) is 23.9 Å². The van der Waals surface area contributed by atoms with E-state index in [0.29, 0.717) is 23.9 Å². The Balaban J connectivity index is 1.86. The first-order valence-electron chi connectivity index (χ1n) is 8.74. The van der Waals surface area contributed by atoms with Crippen LogP contribution in [0.3, 0.4) is 0 Å². The first kappa shape index (κ1) is 18.4. The van der Waals surface area contributed by atoms with E-state index in [4.69, 9.17) is 4.74 Å². The second-order valence-electron chi connectivity index (χ2n) is 5.96. The van der Waals surface area contributed by atoms with E-state index in [-0.39, 0.29) is 5.91 Å². The van der Waals surface area contributed by atoms with Crippen LogP contribution in [0, 0.1) is 6.92 Å². The third-order valence-corrected chi connectivity index (χ3v) is 4.05. The number of benzene rings is 2. The van der Waals surface area contributed by atoms with Gasteiger partial charge in [0.2, 0.25) is 5.95 Å². The lowest BCUT2D eigenvalue weighted by molar-refractivity contribution is 0.102. The van der Waals surface area contributed by atoms with Crippen LogP contribution >= 0.6 is 0 Å². The summed E-state index contributed by atoms with van der Waals surface area (Å²) in [5, 5.41) is 2.86. The van der Waals surface area contributed by atoms with Crippen molar-refractivity contribution in [1.82, 2.24) is 9.97 Å². The number of carbonyl (C=O) groups excluding carboxylic acids is 1. The van der Waals surface area contributed by atoms with Gasteiger partial charge in [-0.25, -0.2) is 9.97 Å². The quantitative estimate of drug-likeness (QED) is 0.712. The molecule has 6 nitrogen and oxygen atoms in total. The number of hydrogen-bond donors (Lipinski definition) is 1. The van der Waals surface area contributed by atoms with Crippen molar-refractivity contribution in [3.63, 3.8) is 0 Å². The van der Waals surface area contributed by atoms with Crippen molar-refractivity contribution in [2.45, 2.75) is 13.8 Å². The average Bonchev–Trinajstić information content (AvgIpc) is 2.69. The number of aromatic nitrogens is 2. The van der Waals surface area contributed by atoms with Gasteiger partial charge in [0.05, 0.1) is 7.11 Å². The third kappa shape index (κ3) is 4.41. The number of rotatable bonds is 6. The van der Waals surface area contributed by atoms with Crippen molar-refractivity contribution < 1.29 is 9.53 Å². The zero-order valence-electron chi connectivity index (χ0n) is 15.6. The molecule has 1 aromatic heterocycles. The van der Waals surface area contributed by atoms with Crippen LogP contribution in [-0.4, -0.2) is 29.5 Å². The molecule has 0 saturated heterocycles. The topological polar surface area (TPSA) is 67.4 Å². The molecule has 0 atom stereocenters. The van der Waals surface area contributed by atoms with Crippen molar-refractivity contribution in [3.8, 4) is 5.75 Å². The number of anilines is 3. The van der Waals surface area contributed by atoms with Gasteiger partial charge in [0.15, 0.2) is 0 Å². The lowest BCUT2D eigenvalue weighted by atomic mass is 10.2. The number of methoxy groups -OCH3 is 1. The zero-order valence-corrected chi connectivity index (χ0v) is 15.6. The first-order valence-corrected chi connectivity index (χ1v) is 8.74. The van der Waals surface area contributed by atoms with Crippen LogP contribution in [0.25, 0.3) is 0 Å². The SMILES string of the molecule is CCN(c1ccccc1)c1nc(C)cc(C(=O)Nc2ccc(OC)cc2)n1. The van der Waals surface area contributed by atoms with E-state index < -0.39 is 0 Å². The summed E-state index contributed by atoms with van der Waals surface area (Å²) in [6, 6.07) is 18.7. The number of nitrogens with one attached hydrogen (secondary N) is 1. The van der Waals surface area contributed by atoms with Crippen LogP contribution in [0.5, 0.6) is 5.75 Å². The van der Waals surface area contributed by atoms with Gasteiger partial charge < -0.3 is 15.0 Å². The van der Waals surface area contributed by atoms with E-state index in [2.05, 4.69) is 15.3 Å². The van der Waals surface area contributed by atoms with E-state index in [1.165, 1.54) is 0 Å². The number of aryl methyl sites for hydroxylation is 1. The highest BCUT2D eigenvalue weighted by molar-refractivity contribution is 6.03. The lowest BCUT2D eigenvalue weighted by Crippen LogP contribution is -2.22. The maximum Gasteiger partial charge on any atom is 0.274 e. The van der Waals surface area contributed by atoms with E-state index in [1.54, 1.807) is 37.4 Å². The van der Waals surface area contributed by atoms with Gasteiger partial charge >= 0.3 is 0 Å². The van der Waals surface area contributed by atoms with Gasteiger partial charge in [-0.15, -0.1) is 0 Å². The standard InChI is InChI=1S/C21H22N4O2/c1-4-25(17-8-6-5-7-9-17)21-22-15(2)14-19(24-21)20(26)23-16-10-12-18(27-3)13-11-16/h5-14H,4H2,1-3H3,(H,23,26). The van der Waals surface area contributed by atoms with E-state index >= 15 is 0 Å². The zero-order chi connectivity index (χ0) is 19.2. The number of ether oxygens (including phenoxy) is 1. The largest absolute Gasteiger partial charge is 0.497 e. The van der Waals surface area contributed by atoms with Crippen LogP contribution in [0.4, 0.5) is 17.3 Å². The molecule has 27 heavy (non-hydrogen) atoms. The van der Waals surface area contributed by atoms with Gasteiger partial charge in [-0.3, -0.25) is 4.79 Å². The molecule has 6 heteroatoms. The van der Waals surface area contributed by atoms with Gasteiger partial charge in [0.25, 0.3) is 5.91 Å². The Bertz CT molecular complexity index is 911. The molecule has 0 unspecified atom stereocenters. The molecule has 0 radical (unpaired) electrons. The Morgan fingerprint density at radius 3 is 2.41 bits per heavy atom. The number of carbonyl (C=O) groups is 1. The number of nitrogens with zero attached hydrogens (tertiary/aromatic N) is 3. The van der Waals surface area contributed by atoms with Crippen LogP contribution < -0.4 is 15.0 Å². The summed E-state index contributed by atoms with van der Waals surface area (Å²) in [7, 11) is 1.60. The van der Waals surface area contributed by atoms with E-state index in [9.17, 15) is 4.79 Å². The van der Waals surface area contributed by atoms with Gasteiger partial charge in [-0.05, 0) is 56.3 Å². The minimum Gasteiger partial charge on any atom is -0.497 e. The second-order valence-corrected chi connectivity index (χ2v) is 5.96. The second kappa shape index (κ2) is 8.31. The van der Waals surface area contributed by atoms with Crippen LogP contribution in [-0.2, 0) is 0 Å². The lowest BCUT2D eigenvalue weighted by Gasteiger charge is -2.21. The molecule has 0 fully saturated rings. The summed E-state index contributed by atoms with van der Waals surface area (Å²) in [4.78, 5) is 23.6. The molecule has 3 rings (SSSR count). The van der Waals surface area contributed by atoms with Crippen LogP contribution in [0.2, 0.25) is 0 Å². The highest BCUT2D eigenvalue weighted by atomic mass is 16.5. The van der Waals surface area contributed by atoms with Crippen LogP contribution in [0.15, 0.2) is 60.7 Å². The minimum atomic E-state index is -0.281. The predicted molar refractivity (Wildman–Crippen MR) is 107 cm³/mol. The summed E-state index contributed by atoms with van der Waals surface area (Å²) in [5.74, 6) is 0.953. The summed E-state index contributed by atoms with van der Waals surface area (Å²) in [5.41, 5.74) is 2.71. The predicted octanol–water partition coefficient (Wildman–Crippen LogP) is 4.20. The summed E-state index contributed by atoms with van der Waals surface area (Å²) in [6.45, 7) is 4.57. The maximum atomic E-state index is 12.7. The highest BCUT2D eigenvalue weighted by Gasteiger charge is 2.15. The molecule has 0 aliphatic carbocycles. The van der Waals surface area contributed by atoms with Crippen molar-refractivity contribution >= 4 is 23.2 Å². The number of para-hydroxylation sites is 1. The molecular weight excluding hydrogens is 340 g/mol. The Labute approximate surface area is 158 Å². The fraction of sp³-hybridized carbons (Fsp3) is 0.190. The van der Waals surface area contributed by atoms with Crippen LogP contribution in [0.1, 0.15) is 23.1 Å². The fourth-order valence-corrected chi connectivity index (χ4v) is 2.71. The van der Waals surface area contributed by atoms with E-state index in [1.807, 2.05) is 49.1 Å². The Morgan fingerprint density at radius 2 is 1.78 bits per heavy atom. The molecule has 0 aliphatic rings. The molecule has 1 N–H and O–H groups in total. The Morgan fingerprint density at radius 1 is 1.07 bits per heavy atom. The molecule has 3 aromatic rings. The highest BCUT2D eigenvalue weighted by Crippen LogP contribution is 2.22.